The Bertz CT molecular complexity index is 429. The molecule has 0 amide bonds. The van der Waals surface area contributed by atoms with Crippen molar-refractivity contribution in [2.24, 2.45) is 5.73 Å². The van der Waals surface area contributed by atoms with Gasteiger partial charge in [-0.25, -0.2) is 0 Å². The fourth-order valence-corrected chi connectivity index (χ4v) is 2.22. The first-order chi connectivity index (χ1) is 9.34. The quantitative estimate of drug-likeness (QED) is 0.607. The number of thioether (sulfide) groups is 1. The summed E-state index contributed by atoms with van der Waals surface area (Å²) in [5.41, 5.74) is 5.57. The number of aromatic nitrogens is 2. The standard InChI is InChI=1S/C13H23N3O3S/c1-5-18-11(17)9(14)6-7-20-8-10-15-12(19-16-10)13(2,3)4/h9H,5-8,14H2,1-4H3. The highest BCUT2D eigenvalue weighted by Crippen LogP contribution is 2.21. The molecule has 1 rings (SSSR count). The van der Waals surface area contributed by atoms with E-state index in [1.807, 2.05) is 20.8 Å². The topological polar surface area (TPSA) is 91.2 Å². The lowest BCUT2D eigenvalue weighted by atomic mass is 9.97. The number of nitrogens with two attached hydrogens (primary N) is 1. The summed E-state index contributed by atoms with van der Waals surface area (Å²) in [4.78, 5) is 15.7. The van der Waals surface area contributed by atoms with Gasteiger partial charge in [-0.15, -0.1) is 0 Å². The molecule has 1 atom stereocenters. The minimum atomic E-state index is -0.558. The molecule has 0 bridgehead atoms. The fourth-order valence-electron chi connectivity index (χ4n) is 1.36. The molecule has 0 aliphatic carbocycles. The molecule has 2 N–H and O–H groups in total. The van der Waals surface area contributed by atoms with Crippen molar-refractivity contribution in [2.45, 2.75) is 51.3 Å². The van der Waals surface area contributed by atoms with Gasteiger partial charge in [-0.3, -0.25) is 4.79 Å². The van der Waals surface area contributed by atoms with E-state index in [9.17, 15) is 4.79 Å². The van der Waals surface area contributed by atoms with E-state index in [4.69, 9.17) is 15.0 Å². The van der Waals surface area contributed by atoms with Gasteiger partial charge in [0.25, 0.3) is 0 Å². The highest BCUT2D eigenvalue weighted by atomic mass is 32.2. The molecule has 0 aromatic carbocycles. The van der Waals surface area contributed by atoms with E-state index in [0.29, 0.717) is 30.5 Å². The summed E-state index contributed by atoms with van der Waals surface area (Å²) < 4.78 is 10.1. The van der Waals surface area contributed by atoms with Gasteiger partial charge in [-0.1, -0.05) is 25.9 Å². The lowest BCUT2D eigenvalue weighted by molar-refractivity contribution is -0.144. The number of hydrogen-bond acceptors (Lipinski definition) is 7. The minimum absolute atomic E-state index is 0.137. The van der Waals surface area contributed by atoms with Crippen LogP contribution in [0, 0.1) is 0 Å². The van der Waals surface area contributed by atoms with Crippen molar-refractivity contribution >= 4 is 17.7 Å². The molecule has 0 saturated carbocycles. The number of rotatable bonds is 7. The lowest BCUT2D eigenvalue weighted by Gasteiger charge is -2.10. The number of nitrogens with zero attached hydrogens (tertiary/aromatic N) is 2. The summed E-state index contributed by atoms with van der Waals surface area (Å²) >= 11 is 1.62. The molecule has 0 saturated heterocycles. The van der Waals surface area contributed by atoms with Crippen LogP contribution in [0.5, 0.6) is 0 Å². The van der Waals surface area contributed by atoms with Gasteiger partial charge in [0.1, 0.15) is 6.04 Å². The first-order valence-electron chi connectivity index (χ1n) is 6.67. The predicted molar refractivity (Wildman–Crippen MR) is 78.4 cm³/mol. The van der Waals surface area contributed by atoms with Gasteiger partial charge >= 0.3 is 5.97 Å². The monoisotopic (exact) mass is 301 g/mol. The number of carbonyl (C=O) groups excluding carboxylic acids is 1. The molecule has 1 aromatic rings. The Hall–Kier alpha value is -1.08. The predicted octanol–water partition coefficient (Wildman–Crippen LogP) is 1.88. The smallest absolute Gasteiger partial charge is 0.322 e. The Morgan fingerprint density at radius 1 is 1.50 bits per heavy atom. The van der Waals surface area contributed by atoms with Crippen LogP contribution in [-0.2, 0) is 20.7 Å². The maximum atomic E-state index is 11.3. The third-order valence-electron chi connectivity index (χ3n) is 2.50. The molecule has 0 aliphatic heterocycles. The van der Waals surface area contributed by atoms with Crippen LogP contribution in [-0.4, -0.2) is 34.5 Å². The molecular weight excluding hydrogens is 278 g/mol. The van der Waals surface area contributed by atoms with E-state index in [2.05, 4.69) is 10.1 Å². The van der Waals surface area contributed by atoms with Crippen LogP contribution in [0.15, 0.2) is 4.52 Å². The van der Waals surface area contributed by atoms with E-state index in [0.717, 1.165) is 5.75 Å². The summed E-state index contributed by atoms with van der Waals surface area (Å²) in [6, 6.07) is -0.558. The van der Waals surface area contributed by atoms with Crippen LogP contribution < -0.4 is 5.73 Å². The normalized spacial score (nSPS) is 13.2. The Morgan fingerprint density at radius 2 is 2.20 bits per heavy atom. The van der Waals surface area contributed by atoms with Gasteiger partial charge in [0.05, 0.1) is 12.4 Å². The van der Waals surface area contributed by atoms with Crippen molar-refractivity contribution in [3.05, 3.63) is 11.7 Å². The van der Waals surface area contributed by atoms with Crippen LogP contribution in [0.4, 0.5) is 0 Å². The maximum Gasteiger partial charge on any atom is 0.322 e. The second kappa shape index (κ2) is 7.64. The number of esters is 1. The molecule has 0 spiro atoms. The zero-order chi connectivity index (χ0) is 15.2. The third kappa shape index (κ3) is 5.50. The van der Waals surface area contributed by atoms with Gasteiger partial charge in [0, 0.05) is 5.41 Å². The summed E-state index contributed by atoms with van der Waals surface area (Å²) in [7, 11) is 0. The number of hydrogen-bond donors (Lipinski definition) is 1. The fraction of sp³-hybridized carbons (Fsp3) is 0.769. The third-order valence-corrected chi connectivity index (χ3v) is 3.49. The molecule has 0 aliphatic rings. The molecule has 1 unspecified atom stereocenters. The van der Waals surface area contributed by atoms with Crippen LogP contribution in [0.1, 0.15) is 45.8 Å². The Kier molecular flexibility index (Phi) is 6.48. The second-order valence-electron chi connectivity index (χ2n) is 5.47. The molecule has 0 fully saturated rings. The summed E-state index contributed by atoms with van der Waals surface area (Å²) in [6.45, 7) is 8.20. The second-order valence-corrected chi connectivity index (χ2v) is 6.57. The Balaban J connectivity index is 2.28. The minimum Gasteiger partial charge on any atom is -0.465 e. The van der Waals surface area contributed by atoms with E-state index < -0.39 is 6.04 Å². The van der Waals surface area contributed by atoms with E-state index >= 15 is 0 Å². The number of ether oxygens (including phenoxy) is 1. The molecule has 7 heteroatoms. The van der Waals surface area contributed by atoms with E-state index in [1.165, 1.54) is 0 Å². The molecular formula is C13H23N3O3S. The molecule has 0 radical (unpaired) electrons. The highest BCUT2D eigenvalue weighted by Gasteiger charge is 2.21. The van der Waals surface area contributed by atoms with Gasteiger partial charge in [0.15, 0.2) is 5.82 Å². The zero-order valence-electron chi connectivity index (χ0n) is 12.5. The van der Waals surface area contributed by atoms with Gasteiger partial charge in [-0.2, -0.15) is 16.7 Å². The van der Waals surface area contributed by atoms with Crippen molar-refractivity contribution in [3.63, 3.8) is 0 Å². The van der Waals surface area contributed by atoms with Crippen molar-refractivity contribution in [1.29, 1.82) is 0 Å². The maximum absolute atomic E-state index is 11.3. The Morgan fingerprint density at radius 3 is 2.75 bits per heavy atom. The van der Waals surface area contributed by atoms with Gasteiger partial charge in [0.2, 0.25) is 5.89 Å². The van der Waals surface area contributed by atoms with Gasteiger partial charge in [-0.05, 0) is 19.1 Å². The highest BCUT2D eigenvalue weighted by molar-refractivity contribution is 7.98. The molecule has 114 valence electrons. The van der Waals surface area contributed by atoms with Crippen molar-refractivity contribution in [2.75, 3.05) is 12.4 Å². The average molecular weight is 301 g/mol. The first-order valence-corrected chi connectivity index (χ1v) is 7.83. The molecule has 1 heterocycles. The lowest BCUT2D eigenvalue weighted by Crippen LogP contribution is -2.32. The summed E-state index contributed by atoms with van der Waals surface area (Å²) in [6.07, 6.45) is 0.577. The van der Waals surface area contributed by atoms with Crippen LogP contribution in [0.2, 0.25) is 0 Å². The van der Waals surface area contributed by atoms with Crippen LogP contribution in [0.3, 0.4) is 0 Å². The Labute approximate surface area is 123 Å². The van der Waals surface area contributed by atoms with Crippen molar-refractivity contribution in [1.82, 2.24) is 10.1 Å². The number of carbonyl (C=O) groups is 1. The van der Waals surface area contributed by atoms with Crippen molar-refractivity contribution < 1.29 is 14.1 Å². The summed E-state index contributed by atoms with van der Waals surface area (Å²) in [5, 5.41) is 3.93. The first kappa shape index (κ1) is 17.0. The molecule has 1 aromatic heterocycles. The van der Waals surface area contributed by atoms with Crippen LogP contribution in [0.25, 0.3) is 0 Å². The molecule has 20 heavy (non-hydrogen) atoms. The van der Waals surface area contributed by atoms with Crippen molar-refractivity contribution in [3.8, 4) is 0 Å². The van der Waals surface area contributed by atoms with E-state index in [-0.39, 0.29) is 11.4 Å². The van der Waals surface area contributed by atoms with Gasteiger partial charge < -0.3 is 15.0 Å². The zero-order valence-corrected chi connectivity index (χ0v) is 13.3. The van der Waals surface area contributed by atoms with E-state index in [1.54, 1.807) is 18.7 Å². The average Bonchev–Trinajstić information content (AvgIpc) is 2.83. The largest absolute Gasteiger partial charge is 0.465 e. The SMILES string of the molecule is CCOC(=O)C(N)CCSCc1noc(C(C)(C)C)n1. The molecule has 6 nitrogen and oxygen atoms in total. The summed E-state index contributed by atoms with van der Waals surface area (Å²) in [5.74, 6) is 2.36. The van der Waals surface area contributed by atoms with Crippen LogP contribution >= 0.6 is 11.8 Å².